The molecule has 8 aromatic rings. The van der Waals surface area contributed by atoms with Crippen molar-refractivity contribution in [3.05, 3.63) is 117 Å². The van der Waals surface area contributed by atoms with E-state index in [0.717, 1.165) is 22.8 Å². The summed E-state index contributed by atoms with van der Waals surface area (Å²) < 4.78 is 112. The zero-order chi connectivity index (χ0) is 70.8. The maximum Gasteiger partial charge on any atom is 0.358 e. The number of alkyl halides is 9. The number of aromatic nitrogens is 12. The van der Waals surface area contributed by atoms with Gasteiger partial charge in [0.15, 0.2) is 43.3 Å². The van der Waals surface area contributed by atoms with Gasteiger partial charge in [0.25, 0.3) is 17.8 Å². The van der Waals surface area contributed by atoms with Crippen LogP contribution in [0.25, 0.3) is 53.0 Å². The fraction of sp³-hybridized carbons (Fsp3) is 0.500. The summed E-state index contributed by atoms with van der Waals surface area (Å²) in [5, 5.41) is 30.9. The Bertz CT molecular complexity index is 4190. The van der Waals surface area contributed by atoms with Crippen LogP contribution in [0.5, 0.6) is 5.88 Å². The van der Waals surface area contributed by atoms with Crippen LogP contribution in [0.15, 0.2) is 55.4 Å². The van der Waals surface area contributed by atoms with Crippen molar-refractivity contribution in [3.63, 3.8) is 0 Å². The average molecular weight is 1520 g/mol. The van der Waals surface area contributed by atoms with E-state index < -0.39 is 23.7 Å². The first-order valence-electron chi connectivity index (χ1n) is 30.7. The van der Waals surface area contributed by atoms with Crippen LogP contribution >= 0.6 is 72.9 Å². The van der Waals surface area contributed by atoms with Crippen LogP contribution in [0.4, 0.5) is 58.4 Å². The van der Waals surface area contributed by atoms with Crippen molar-refractivity contribution in [2.75, 3.05) is 33.3 Å². The first-order chi connectivity index (χ1) is 46.6. The van der Waals surface area contributed by atoms with Gasteiger partial charge < -0.3 is 31.0 Å². The highest BCUT2D eigenvalue weighted by Gasteiger charge is 2.38. The first-order valence-corrected chi connectivity index (χ1v) is 35.8. The molecule has 0 aliphatic heterocycles. The van der Waals surface area contributed by atoms with E-state index in [0.29, 0.717) is 128 Å². The van der Waals surface area contributed by atoms with Gasteiger partial charge in [-0.05, 0) is 79.1 Å². The number of H-pyrrole nitrogens is 1. The fourth-order valence-electron chi connectivity index (χ4n) is 10.3. The van der Waals surface area contributed by atoms with Crippen molar-refractivity contribution in [3.8, 4) is 55.3 Å². The first kappa shape index (κ1) is 75.9. The third-order valence-corrected chi connectivity index (χ3v) is 19.5. The zero-order valence-electron chi connectivity index (χ0n) is 53.3. The number of anilines is 4. The van der Waals surface area contributed by atoms with Gasteiger partial charge in [-0.15, -0.1) is 45.3 Å². The van der Waals surface area contributed by atoms with Crippen molar-refractivity contribution >= 4 is 96.1 Å². The topological polar surface area (TPSA) is 274 Å². The lowest BCUT2D eigenvalue weighted by Crippen LogP contribution is -2.33. The van der Waals surface area contributed by atoms with Crippen LogP contribution in [0.1, 0.15) is 126 Å². The van der Waals surface area contributed by atoms with Gasteiger partial charge in [-0.1, -0.05) is 27.5 Å². The Balaban J connectivity index is 0.000000164. The second kappa shape index (κ2) is 34.7. The van der Waals surface area contributed by atoms with E-state index in [2.05, 4.69) is 102 Å². The molecule has 4 saturated carbocycles. The molecular weight excluding hydrogens is 1450 g/mol. The van der Waals surface area contributed by atoms with Crippen molar-refractivity contribution < 1.29 is 39.9 Å². The van der Waals surface area contributed by atoms with E-state index in [4.69, 9.17) is 34.7 Å². The van der Waals surface area contributed by atoms with Gasteiger partial charge in [0.1, 0.15) is 28.4 Å². The van der Waals surface area contributed by atoms with Crippen LogP contribution < -0.4 is 37.1 Å². The largest absolute Gasteiger partial charge is 0.408 e. The summed E-state index contributed by atoms with van der Waals surface area (Å²) in [7, 11) is 0. The molecule has 36 heteroatoms. The minimum atomic E-state index is -2.60. The molecule has 5 N–H and O–H groups in total. The molecule has 98 heavy (non-hydrogen) atoms. The van der Waals surface area contributed by atoms with Gasteiger partial charge in [0, 0.05) is 144 Å². The smallest absolute Gasteiger partial charge is 0.358 e. The molecule has 0 aromatic carbocycles. The highest BCUT2D eigenvalue weighted by atomic mass is 79.9. The number of thiazole rings is 4. The molecule has 8 heterocycles. The van der Waals surface area contributed by atoms with E-state index >= 15 is 0 Å². The van der Waals surface area contributed by atoms with Crippen LogP contribution in [-0.2, 0) is 6.67 Å². The molecule has 4 aliphatic carbocycles. The molecule has 0 bridgehead atoms. The number of nitrogens with zero attached hydrogens (tertiary/aromatic N) is 14. The molecule has 4 aliphatic rings. The molecule has 0 unspecified atom stereocenters. The molecule has 4 fully saturated rings. The third kappa shape index (κ3) is 23.7. The van der Waals surface area contributed by atoms with Crippen molar-refractivity contribution in [1.29, 1.82) is 5.26 Å². The Kier molecular flexibility index (Phi) is 26.9. The number of halogens is 10. The van der Waals surface area contributed by atoms with E-state index in [1.807, 2.05) is 55.3 Å². The SMILES string of the molecule is Cc1csc(-c2nc(Cl)cc(NC3CCC(F)(F)CC3)n2)n1.Cc1csc(-c2nc(NC3CCC(F)(F)CC3)cc(=O)[nH]2)n1.N#CCBr.[C-]#[N+]COc1cc(NC2CCC(F)(F)CC2)nc(-c2nc(C)cs2)n1.[C-]#[N+]Cn1c(-c2nc(C)cs2)nc(NC2CCC(F)(F)CC2)cc1=O. The monoisotopic (exact) mass is 1520 g/mol. The Morgan fingerprint density at radius 2 is 0.939 bits per heavy atom. The molecule has 22 nitrogen and oxygen atoms in total. The van der Waals surface area contributed by atoms with Gasteiger partial charge in [0.2, 0.25) is 29.6 Å². The number of ether oxygens (including phenoxy) is 1. The molecular formula is C62H67BrClF8N19O3S4. The van der Waals surface area contributed by atoms with Crippen molar-refractivity contribution in [2.24, 2.45) is 0 Å². The average Bonchev–Trinajstić information content (AvgIpc) is 1.43. The predicted molar refractivity (Wildman–Crippen MR) is 367 cm³/mol. The Morgan fingerprint density at radius 3 is 1.33 bits per heavy atom. The molecule has 0 amide bonds. The standard InChI is InChI=1S/2C16H17F2N5OS.C14H15ClF2N4S.C14H16F2N4OS.C2H2BrN/c1-10-8-25-15(20-10)14-22-12(7-13(23-14)24-9-19-2)21-11-3-5-16(17,18)6-4-11;1-10-8-25-15(20-10)14-22-12(7-13(24)23(14)9-19-2)21-11-3-5-16(17,18)6-4-11;1-8-7-22-13(18-8)12-20-10(15)6-11(21-12)19-9-2-4-14(16,17)5-3-9;1-8-7-22-13(17-8)12-19-10(6-11(21)20-12)18-9-2-4-14(15,16)5-3-9;3-1-2-4/h7-8,11H,3-6,9H2,1H3,(H,21,22,23);7-8,11,21H,3-6,9H2,1H3;6-7,9H,2-5H2,1H3,(H,19,20,21);6-7,9H,2-5H2,1H3,(H2,18,19,20,21);1H2. The minimum absolute atomic E-state index is 0.0172. The molecule has 0 spiro atoms. The van der Waals surface area contributed by atoms with E-state index in [1.165, 1.54) is 62.0 Å². The summed E-state index contributed by atoms with van der Waals surface area (Å²) in [6.45, 7) is 21.0. The Morgan fingerprint density at radius 1 is 0.561 bits per heavy atom. The van der Waals surface area contributed by atoms with Gasteiger partial charge in [-0.25, -0.2) is 97.7 Å². The number of hydrogen-bond acceptors (Lipinski definition) is 22. The molecule has 0 atom stereocenters. The number of nitriles is 1. The fourth-order valence-corrected chi connectivity index (χ4v) is 13.5. The lowest BCUT2D eigenvalue weighted by Gasteiger charge is -2.29. The van der Waals surface area contributed by atoms with E-state index in [9.17, 15) is 44.7 Å². The molecule has 0 radical (unpaired) electrons. The van der Waals surface area contributed by atoms with Gasteiger partial charge >= 0.3 is 6.73 Å². The number of rotatable bonds is 15. The molecule has 522 valence electrons. The van der Waals surface area contributed by atoms with Crippen LogP contribution in [0.2, 0.25) is 5.15 Å². The minimum Gasteiger partial charge on any atom is -0.408 e. The second-order valence-electron chi connectivity index (χ2n) is 23.3. The highest BCUT2D eigenvalue weighted by Crippen LogP contribution is 2.39. The summed E-state index contributed by atoms with van der Waals surface area (Å²) >= 11 is 14.5. The van der Waals surface area contributed by atoms with Crippen LogP contribution in [0.3, 0.4) is 0 Å². The number of nitrogens with one attached hydrogen (secondary N) is 5. The highest BCUT2D eigenvalue weighted by molar-refractivity contribution is 9.09. The summed E-state index contributed by atoms with van der Waals surface area (Å²) in [6, 6.07) is 7.37. The van der Waals surface area contributed by atoms with Crippen molar-refractivity contribution in [2.45, 2.75) is 185 Å². The maximum atomic E-state index is 13.3. The quantitative estimate of drug-likeness (QED) is 0.0276. The van der Waals surface area contributed by atoms with E-state index in [-0.39, 0.29) is 106 Å². The summed E-state index contributed by atoms with van der Waals surface area (Å²) in [4.78, 5) is 76.6. The summed E-state index contributed by atoms with van der Waals surface area (Å²) in [6.07, 6.45) is 1.92. The lowest BCUT2D eigenvalue weighted by atomic mass is 9.92. The molecule has 12 rings (SSSR count). The van der Waals surface area contributed by atoms with Crippen LogP contribution in [0, 0.1) is 52.2 Å². The maximum absolute atomic E-state index is 13.3. The Labute approximate surface area is 587 Å². The van der Waals surface area contributed by atoms with Gasteiger partial charge in [0.05, 0.1) is 11.4 Å². The predicted octanol–water partition coefficient (Wildman–Crippen LogP) is 16.3. The zero-order valence-corrected chi connectivity index (χ0v) is 58.9. The third-order valence-electron chi connectivity index (χ3n) is 15.2. The molecule has 0 saturated heterocycles. The Hall–Kier alpha value is -7.88. The number of hydrogen-bond donors (Lipinski definition) is 5. The van der Waals surface area contributed by atoms with Crippen LogP contribution in [-0.4, -0.2) is 119 Å². The second-order valence-corrected chi connectivity index (χ2v) is 27.7. The van der Waals surface area contributed by atoms with Gasteiger partial charge in [-0.3, -0.25) is 19.3 Å². The number of aromatic amines is 1. The normalized spacial score (nSPS) is 17.2. The van der Waals surface area contributed by atoms with E-state index in [1.54, 1.807) is 12.1 Å². The molecule has 8 aromatic heterocycles. The number of aryl methyl sites for hydroxylation is 4. The van der Waals surface area contributed by atoms with Crippen molar-refractivity contribution in [1.82, 2.24) is 59.4 Å². The summed E-state index contributed by atoms with van der Waals surface area (Å²) in [5.41, 5.74) is 2.76. The lowest BCUT2D eigenvalue weighted by molar-refractivity contribution is -0.0366. The van der Waals surface area contributed by atoms with Gasteiger partial charge in [-0.2, -0.15) is 10.2 Å². The summed E-state index contributed by atoms with van der Waals surface area (Å²) in [5.74, 6) is -6.66.